The van der Waals surface area contributed by atoms with Gasteiger partial charge in [-0.1, -0.05) is 20.8 Å². The molecule has 0 aromatic heterocycles. The number of anilines is 1. The topological polar surface area (TPSA) is 92.8 Å². The van der Waals surface area contributed by atoms with E-state index in [2.05, 4.69) is 19.2 Å². The second-order valence-electron chi connectivity index (χ2n) is 6.85. The average molecular weight is 382 g/mol. The summed E-state index contributed by atoms with van der Waals surface area (Å²) in [5.41, 5.74) is 0.446. The summed E-state index contributed by atoms with van der Waals surface area (Å²) in [6.07, 6.45) is 1.23. The van der Waals surface area contributed by atoms with Gasteiger partial charge in [0.25, 0.3) is 5.91 Å². The van der Waals surface area contributed by atoms with Crippen LogP contribution in [0.2, 0.25) is 0 Å². The summed E-state index contributed by atoms with van der Waals surface area (Å²) < 4.78 is 31.9. The van der Waals surface area contributed by atoms with Gasteiger partial charge >= 0.3 is 5.97 Å². The third-order valence-electron chi connectivity index (χ3n) is 4.26. The molecule has 0 saturated carbocycles. The van der Waals surface area contributed by atoms with Crippen molar-refractivity contribution in [3.05, 3.63) is 24.3 Å². The number of hydrogen-bond donors (Lipinski definition) is 1. The summed E-state index contributed by atoms with van der Waals surface area (Å²) >= 11 is 0. The first-order chi connectivity index (χ1) is 12.2. The lowest BCUT2D eigenvalue weighted by atomic mass is 9.94. The standard InChI is InChI=1S/C18H26N2O5S/c1-4-18(22)25-12-17(21)19-15-5-7-16(8-6-15)26(23,24)20-10-13(2)9-14(3)11-20/h5-8,13-14H,4,9-12H2,1-3H3,(H,19,21)/t13-,14+. The molecule has 1 fully saturated rings. The van der Waals surface area contributed by atoms with Crippen LogP contribution in [0.4, 0.5) is 5.69 Å². The van der Waals surface area contributed by atoms with E-state index >= 15 is 0 Å². The summed E-state index contributed by atoms with van der Waals surface area (Å²) in [5.74, 6) is -0.261. The van der Waals surface area contributed by atoms with Gasteiger partial charge in [-0.25, -0.2) is 8.42 Å². The van der Waals surface area contributed by atoms with E-state index in [4.69, 9.17) is 4.74 Å². The van der Waals surface area contributed by atoms with Crippen LogP contribution < -0.4 is 5.32 Å². The number of nitrogens with zero attached hydrogens (tertiary/aromatic N) is 1. The zero-order valence-corrected chi connectivity index (χ0v) is 16.2. The molecule has 8 heteroatoms. The summed E-state index contributed by atoms with van der Waals surface area (Å²) in [4.78, 5) is 23.0. The van der Waals surface area contributed by atoms with Crippen LogP contribution >= 0.6 is 0 Å². The third kappa shape index (κ3) is 5.28. The van der Waals surface area contributed by atoms with Gasteiger partial charge in [-0.3, -0.25) is 9.59 Å². The Morgan fingerprint density at radius 1 is 1.15 bits per heavy atom. The van der Waals surface area contributed by atoms with E-state index in [0.717, 1.165) is 6.42 Å². The van der Waals surface area contributed by atoms with Crippen molar-refractivity contribution < 1.29 is 22.7 Å². The van der Waals surface area contributed by atoms with Crippen LogP contribution in [-0.2, 0) is 24.3 Å². The van der Waals surface area contributed by atoms with E-state index in [0.29, 0.717) is 30.6 Å². The molecule has 26 heavy (non-hydrogen) atoms. The summed E-state index contributed by atoms with van der Waals surface area (Å²) in [7, 11) is -3.55. The van der Waals surface area contributed by atoms with Gasteiger partial charge in [0.1, 0.15) is 0 Å². The van der Waals surface area contributed by atoms with Crippen molar-refractivity contribution in [2.24, 2.45) is 11.8 Å². The summed E-state index contributed by atoms with van der Waals surface area (Å²) in [5, 5.41) is 2.57. The van der Waals surface area contributed by atoms with Crippen LogP contribution in [0.1, 0.15) is 33.6 Å². The number of hydrogen-bond acceptors (Lipinski definition) is 5. The molecule has 0 aliphatic carbocycles. The number of carbonyl (C=O) groups excluding carboxylic acids is 2. The van der Waals surface area contributed by atoms with Gasteiger partial charge in [0.2, 0.25) is 10.0 Å². The predicted molar refractivity (Wildman–Crippen MR) is 98.0 cm³/mol. The molecule has 1 aliphatic heterocycles. The average Bonchev–Trinajstić information content (AvgIpc) is 2.59. The summed E-state index contributed by atoms with van der Waals surface area (Å²) in [6, 6.07) is 6.02. The van der Waals surface area contributed by atoms with Crippen LogP contribution in [0.15, 0.2) is 29.2 Å². The van der Waals surface area contributed by atoms with E-state index in [1.54, 1.807) is 6.92 Å². The highest BCUT2D eigenvalue weighted by Gasteiger charge is 2.31. The van der Waals surface area contributed by atoms with Crippen molar-refractivity contribution in [1.82, 2.24) is 4.31 Å². The molecule has 1 saturated heterocycles. The van der Waals surface area contributed by atoms with Crippen LogP contribution in [0, 0.1) is 11.8 Å². The Morgan fingerprint density at radius 3 is 2.27 bits per heavy atom. The molecule has 0 bridgehead atoms. The van der Waals surface area contributed by atoms with Crippen LogP contribution in [0.25, 0.3) is 0 Å². The number of ether oxygens (including phenoxy) is 1. The largest absolute Gasteiger partial charge is 0.456 e. The van der Waals surface area contributed by atoms with Crippen LogP contribution in [-0.4, -0.2) is 44.3 Å². The fraction of sp³-hybridized carbons (Fsp3) is 0.556. The molecule has 1 N–H and O–H groups in total. The third-order valence-corrected chi connectivity index (χ3v) is 6.11. The lowest BCUT2D eigenvalue weighted by Gasteiger charge is -2.34. The van der Waals surface area contributed by atoms with E-state index in [9.17, 15) is 18.0 Å². The van der Waals surface area contributed by atoms with Gasteiger partial charge in [-0.2, -0.15) is 4.31 Å². The Kier molecular flexibility index (Phi) is 6.77. The number of esters is 1. The highest BCUT2D eigenvalue weighted by atomic mass is 32.2. The van der Waals surface area contributed by atoms with E-state index in [1.807, 2.05) is 0 Å². The predicted octanol–water partition coefficient (Wildman–Crippen LogP) is 2.24. The molecule has 0 radical (unpaired) electrons. The fourth-order valence-corrected chi connectivity index (χ4v) is 4.79. The molecule has 2 atom stereocenters. The van der Waals surface area contributed by atoms with Gasteiger partial charge in [0.05, 0.1) is 4.90 Å². The fourth-order valence-electron chi connectivity index (χ4n) is 3.11. The summed E-state index contributed by atoms with van der Waals surface area (Å²) in [6.45, 7) is 6.44. The maximum Gasteiger partial charge on any atom is 0.306 e. The molecule has 1 aromatic rings. The first-order valence-corrected chi connectivity index (χ1v) is 10.2. The Morgan fingerprint density at radius 2 is 1.73 bits per heavy atom. The molecular weight excluding hydrogens is 356 g/mol. The first kappa shape index (κ1) is 20.4. The van der Waals surface area contributed by atoms with Gasteiger partial charge in [0.15, 0.2) is 6.61 Å². The van der Waals surface area contributed by atoms with Crippen molar-refractivity contribution in [3.63, 3.8) is 0 Å². The molecule has 0 unspecified atom stereocenters. The lowest BCUT2D eigenvalue weighted by molar-refractivity contribution is -0.146. The molecule has 2 rings (SSSR count). The Bertz CT molecular complexity index is 735. The van der Waals surface area contributed by atoms with Gasteiger partial charge in [-0.05, 0) is 42.5 Å². The molecule has 144 valence electrons. The number of amides is 1. The molecule has 1 aromatic carbocycles. The highest BCUT2D eigenvalue weighted by Crippen LogP contribution is 2.27. The van der Waals surface area contributed by atoms with Crippen molar-refractivity contribution in [1.29, 1.82) is 0 Å². The second kappa shape index (κ2) is 8.64. The van der Waals surface area contributed by atoms with Crippen LogP contribution in [0.3, 0.4) is 0 Å². The number of benzene rings is 1. The number of carbonyl (C=O) groups is 2. The van der Waals surface area contributed by atoms with E-state index in [-0.39, 0.29) is 17.9 Å². The minimum atomic E-state index is -3.55. The van der Waals surface area contributed by atoms with Gasteiger partial charge in [0, 0.05) is 25.2 Å². The Labute approximate surface area is 154 Å². The quantitative estimate of drug-likeness (QED) is 0.762. The lowest BCUT2D eigenvalue weighted by Crippen LogP contribution is -2.42. The molecular formula is C18H26N2O5S. The molecule has 1 amide bonds. The number of piperidine rings is 1. The molecule has 7 nitrogen and oxygen atoms in total. The van der Waals surface area contributed by atoms with Gasteiger partial charge < -0.3 is 10.1 Å². The van der Waals surface area contributed by atoms with Crippen LogP contribution in [0.5, 0.6) is 0 Å². The number of nitrogens with one attached hydrogen (secondary N) is 1. The second-order valence-corrected chi connectivity index (χ2v) is 8.79. The smallest absolute Gasteiger partial charge is 0.306 e. The Hall–Kier alpha value is -1.93. The molecule has 1 aliphatic rings. The van der Waals surface area contributed by atoms with Crippen molar-refractivity contribution in [2.45, 2.75) is 38.5 Å². The number of sulfonamides is 1. The number of rotatable bonds is 6. The minimum absolute atomic E-state index is 0.202. The van der Waals surface area contributed by atoms with Crippen molar-refractivity contribution in [3.8, 4) is 0 Å². The van der Waals surface area contributed by atoms with Crippen molar-refractivity contribution in [2.75, 3.05) is 25.0 Å². The zero-order chi connectivity index (χ0) is 19.3. The monoisotopic (exact) mass is 382 g/mol. The van der Waals surface area contributed by atoms with E-state index in [1.165, 1.54) is 28.6 Å². The van der Waals surface area contributed by atoms with E-state index < -0.39 is 21.9 Å². The van der Waals surface area contributed by atoms with Crippen molar-refractivity contribution >= 4 is 27.6 Å². The zero-order valence-electron chi connectivity index (χ0n) is 15.4. The molecule has 1 heterocycles. The first-order valence-electron chi connectivity index (χ1n) is 8.78. The SMILES string of the molecule is CCC(=O)OCC(=O)Nc1ccc(S(=O)(=O)N2C[C@H](C)C[C@H](C)C2)cc1. The maximum absolute atomic E-state index is 12.8. The maximum atomic E-state index is 12.8. The van der Waals surface area contributed by atoms with Gasteiger partial charge in [-0.15, -0.1) is 0 Å². The minimum Gasteiger partial charge on any atom is -0.456 e. The normalized spacial score (nSPS) is 21.2. The Balaban J connectivity index is 2.02. The molecule has 0 spiro atoms. The highest BCUT2D eigenvalue weighted by molar-refractivity contribution is 7.89.